The van der Waals surface area contributed by atoms with E-state index in [1.54, 1.807) is 6.92 Å². The quantitative estimate of drug-likeness (QED) is 0.373. The van der Waals surface area contributed by atoms with E-state index in [0.29, 0.717) is 19.6 Å². The molecule has 1 unspecified atom stereocenters. The van der Waals surface area contributed by atoms with Crippen molar-refractivity contribution in [3.63, 3.8) is 0 Å². The van der Waals surface area contributed by atoms with Gasteiger partial charge in [0.2, 0.25) is 0 Å². The fourth-order valence-corrected chi connectivity index (χ4v) is 1.43. The number of hydrogen-bond acceptors (Lipinski definition) is 4. The van der Waals surface area contributed by atoms with Crippen LogP contribution < -0.4 is 12.4 Å². The summed E-state index contributed by atoms with van der Waals surface area (Å²) in [7, 11) is 1.90. The third-order valence-electron chi connectivity index (χ3n) is 2.19. The van der Waals surface area contributed by atoms with E-state index in [0.717, 1.165) is 6.54 Å². The van der Waals surface area contributed by atoms with Gasteiger partial charge < -0.3 is 22.0 Å². The lowest BCUT2D eigenvalue weighted by Crippen LogP contribution is -3.00. The number of rotatable bonds is 2. The maximum atomic E-state index is 11.3. The molecule has 0 radical (unpaired) electrons. The summed E-state index contributed by atoms with van der Waals surface area (Å²) < 4.78 is 4.81. The number of halogens is 1. The molecule has 0 saturated carbocycles. The van der Waals surface area contributed by atoms with Gasteiger partial charge in [0.25, 0.3) is 0 Å². The first-order valence-electron chi connectivity index (χ1n) is 4.53. The predicted octanol–water partition coefficient (Wildman–Crippen LogP) is -2.81. The van der Waals surface area contributed by atoms with Crippen LogP contribution in [0.4, 0.5) is 0 Å². The minimum Gasteiger partial charge on any atom is -1.00 e. The Kier molecular flexibility index (Phi) is 5.72. The SMILES string of the molecule is CCOC(=O)C1CN(C)CCC1=O.[Cl-].[H+]. The molecule has 0 aliphatic carbocycles. The molecule has 0 aromatic carbocycles. The predicted molar refractivity (Wildman–Crippen MR) is 48.4 cm³/mol. The number of carbonyl (C=O) groups is 2. The first-order valence-corrected chi connectivity index (χ1v) is 4.53. The van der Waals surface area contributed by atoms with Crippen LogP contribution in [-0.4, -0.2) is 43.4 Å². The normalized spacial score (nSPS) is 22.7. The third kappa shape index (κ3) is 3.27. The smallest absolute Gasteiger partial charge is 1.00 e. The van der Waals surface area contributed by atoms with E-state index in [-0.39, 0.29) is 25.6 Å². The highest BCUT2D eigenvalue weighted by atomic mass is 35.5. The Labute approximate surface area is 91.5 Å². The van der Waals surface area contributed by atoms with Crippen LogP contribution >= 0.6 is 0 Å². The molecule has 1 saturated heterocycles. The maximum Gasteiger partial charge on any atom is 1.00 e. The Morgan fingerprint density at radius 3 is 2.93 bits per heavy atom. The van der Waals surface area contributed by atoms with Crippen LogP contribution in [0, 0.1) is 5.92 Å². The Morgan fingerprint density at radius 2 is 2.36 bits per heavy atom. The van der Waals surface area contributed by atoms with E-state index >= 15 is 0 Å². The molecule has 0 aromatic rings. The number of esters is 1. The second kappa shape index (κ2) is 5.98. The Balaban J connectivity index is 0. The van der Waals surface area contributed by atoms with Gasteiger partial charge in [0.15, 0.2) is 0 Å². The lowest BCUT2D eigenvalue weighted by Gasteiger charge is -2.26. The van der Waals surface area contributed by atoms with E-state index in [1.165, 1.54) is 0 Å². The summed E-state index contributed by atoms with van der Waals surface area (Å²) in [5.41, 5.74) is 0. The standard InChI is InChI=1S/C9H15NO3.ClH/c1-3-13-9(12)7-6-10(2)5-4-8(7)11;/h7H,3-6H2,1-2H3;1H. The van der Waals surface area contributed by atoms with Crippen molar-refractivity contribution in [3.05, 3.63) is 0 Å². The van der Waals surface area contributed by atoms with Crippen molar-refractivity contribution in [1.29, 1.82) is 0 Å². The number of carbonyl (C=O) groups excluding carboxylic acids is 2. The number of hydrogen-bond donors (Lipinski definition) is 0. The number of ether oxygens (including phenoxy) is 1. The summed E-state index contributed by atoms with van der Waals surface area (Å²) in [5.74, 6) is -0.922. The summed E-state index contributed by atoms with van der Waals surface area (Å²) in [6, 6.07) is 0. The molecule has 5 heteroatoms. The first-order chi connectivity index (χ1) is 6.15. The summed E-state index contributed by atoms with van der Waals surface area (Å²) in [4.78, 5) is 24.6. The van der Waals surface area contributed by atoms with Crippen LogP contribution in [0.2, 0.25) is 0 Å². The second-order valence-corrected chi connectivity index (χ2v) is 3.28. The monoisotopic (exact) mass is 221 g/mol. The van der Waals surface area contributed by atoms with Gasteiger partial charge in [0.1, 0.15) is 11.7 Å². The molecule has 1 aliphatic rings. The van der Waals surface area contributed by atoms with E-state index in [1.807, 2.05) is 11.9 Å². The van der Waals surface area contributed by atoms with Crippen LogP contribution in [0.25, 0.3) is 0 Å². The van der Waals surface area contributed by atoms with Gasteiger partial charge >= 0.3 is 7.40 Å². The summed E-state index contributed by atoms with van der Waals surface area (Å²) in [5, 5.41) is 0. The molecule has 0 amide bonds. The molecule has 0 N–H and O–H groups in total. The number of ketones is 1. The molecule has 0 spiro atoms. The molecular weight excluding hydrogens is 206 g/mol. The van der Waals surface area contributed by atoms with E-state index in [2.05, 4.69) is 0 Å². The Bertz CT molecular complexity index is 225. The molecular formula is C9H16ClNO3. The van der Waals surface area contributed by atoms with Gasteiger partial charge in [0, 0.05) is 19.5 Å². The van der Waals surface area contributed by atoms with Crippen molar-refractivity contribution in [2.75, 3.05) is 26.7 Å². The zero-order valence-electron chi connectivity index (χ0n) is 9.46. The highest BCUT2D eigenvalue weighted by Crippen LogP contribution is 2.12. The van der Waals surface area contributed by atoms with Gasteiger partial charge in [-0.05, 0) is 14.0 Å². The van der Waals surface area contributed by atoms with Gasteiger partial charge in [-0.3, -0.25) is 9.59 Å². The largest absolute Gasteiger partial charge is 1.00 e. The second-order valence-electron chi connectivity index (χ2n) is 3.28. The van der Waals surface area contributed by atoms with Crippen molar-refractivity contribution in [1.82, 2.24) is 4.90 Å². The lowest BCUT2D eigenvalue weighted by atomic mass is 9.97. The molecule has 0 aromatic heterocycles. The fraction of sp³-hybridized carbons (Fsp3) is 0.778. The van der Waals surface area contributed by atoms with Crippen molar-refractivity contribution >= 4 is 11.8 Å². The molecule has 1 aliphatic heterocycles. The summed E-state index contributed by atoms with van der Waals surface area (Å²) in [6.45, 7) is 3.33. The minimum absolute atomic E-state index is 0. The number of likely N-dealkylation sites (tertiary alicyclic amines) is 1. The maximum absolute atomic E-state index is 11.3. The van der Waals surface area contributed by atoms with E-state index in [9.17, 15) is 9.59 Å². The molecule has 14 heavy (non-hydrogen) atoms. The van der Waals surface area contributed by atoms with Crippen molar-refractivity contribution in [2.24, 2.45) is 5.92 Å². The molecule has 82 valence electrons. The lowest BCUT2D eigenvalue weighted by molar-refractivity contribution is -0.153. The van der Waals surface area contributed by atoms with E-state index < -0.39 is 5.92 Å². The zero-order valence-corrected chi connectivity index (χ0v) is 9.21. The minimum atomic E-state index is -0.557. The highest BCUT2D eigenvalue weighted by Gasteiger charge is 2.32. The average molecular weight is 222 g/mol. The molecule has 1 atom stereocenters. The number of nitrogens with zero attached hydrogens (tertiary/aromatic N) is 1. The number of piperidine rings is 1. The van der Waals surface area contributed by atoms with Crippen molar-refractivity contribution in [3.8, 4) is 0 Å². The van der Waals surface area contributed by atoms with Gasteiger partial charge in [-0.1, -0.05) is 0 Å². The zero-order chi connectivity index (χ0) is 9.84. The first kappa shape index (κ1) is 13.4. The topological polar surface area (TPSA) is 46.6 Å². The number of Topliss-reactive ketones (excluding diaryl/α,β-unsaturated/α-hetero) is 1. The molecule has 1 fully saturated rings. The molecule has 4 nitrogen and oxygen atoms in total. The third-order valence-corrected chi connectivity index (χ3v) is 2.19. The molecule has 0 bridgehead atoms. The highest BCUT2D eigenvalue weighted by molar-refractivity contribution is 5.99. The summed E-state index contributed by atoms with van der Waals surface area (Å²) >= 11 is 0. The Morgan fingerprint density at radius 1 is 1.71 bits per heavy atom. The Hall–Kier alpha value is -0.610. The van der Waals surface area contributed by atoms with Gasteiger partial charge in [-0.2, -0.15) is 0 Å². The van der Waals surface area contributed by atoms with Gasteiger partial charge in [-0.15, -0.1) is 0 Å². The van der Waals surface area contributed by atoms with Crippen LogP contribution in [0.5, 0.6) is 0 Å². The van der Waals surface area contributed by atoms with Gasteiger partial charge in [0.05, 0.1) is 6.61 Å². The van der Waals surface area contributed by atoms with Crippen LogP contribution in [0.15, 0.2) is 0 Å². The summed E-state index contributed by atoms with van der Waals surface area (Å²) in [6.07, 6.45) is 0.458. The van der Waals surface area contributed by atoms with Crippen molar-refractivity contribution < 1.29 is 28.2 Å². The fourth-order valence-electron chi connectivity index (χ4n) is 1.43. The van der Waals surface area contributed by atoms with Crippen LogP contribution in [0.1, 0.15) is 14.8 Å². The van der Waals surface area contributed by atoms with Crippen molar-refractivity contribution in [2.45, 2.75) is 13.3 Å². The van der Waals surface area contributed by atoms with Crippen LogP contribution in [0.3, 0.4) is 0 Å². The van der Waals surface area contributed by atoms with Crippen LogP contribution in [-0.2, 0) is 14.3 Å². The molecule has 1 rings (SSSR count). The average Bonchev–Trinajstić information content (AvgIpc) is 2.09. The van der Waals surface area contributed by atoms with E-state index in [4.69, 9.17) is 4.74 Å². The molecule has 1 heterocycles. The van der Waals surface area contributed by atoms with Gasteiger partial charge in [-0.25, -0.2) is 0 Å².